The highest BCUT2D eigenvalue weighted by Gasteiger charge is 2.55. The first-order chi connectivity index (χ1) is 13.5. The van der Waals surface area contributed by atoms with Crippen molar-refractivity contribution in [3.05, 3.63) is 29.5 Å². The molecule has 1 aliphatic heterocycles. The number of carbonyl (C=O) groups excluding carboxylic acids is 3. The molecule has 2 aromatic rings. The first kappa shape index (κ1) is 18.7. The van der Waals surface area contributed by atoms with Gasteiger partial charge in [-0.25, -0.2) is 9.78 Å². The molecule has 1 spiro atoms. The average molecular weight is 403 g/mol. The number of urea groups is 1. The molecule has 28 heavy (non-hydrogen) atoms. The number of esters is 1. The van der Waals surface area contributed by atoms with Crippen LogP contribution >= 0.6 is 11.3 Å². The van der Waals surface area contributed by atoms with E-state index in [0.717, 1.165) is 29.0 Å². The number of hydrogen-bond donors (Lipinski definition) is 1. The molecule has 1 N–H and O–H groups in total. The number of nitrogens with zero attached hydrogens (tertiary/aromatic N) is 2. The second-order valence-electron chi connectivity index (χ2n) is 7.22. The zero-order valence-electron chi connectivity index (χ0n) is 15.5. The largest absolute Gasteiger partial charge is 0.458 e. The molecule has 1 saturated heterocycles. The topological polar surface area (TPSA) is 102 Å². The lowest BCUT2D eigenvalue weighted by atomic mass is 9.73. The van der Waals surface area contributed by atoms with E-state index in [1.54, 1.807) is 0 Å². The maximum Gasteiger partial charge on any atom is 0.326 e. The van der Waals surface area contributed by atoms with Crippen LogP contribution in [0.1, 0.15) is 38.3 Å². The minimum atomic E-state index is -0.878. The highest BCUT2D eigenvalue weighted by atomic mass is 32.1. The van der Waals surface area contributed by atoms with E-state index in [4.69, 9.17) is 9.15 Å². The van der Waals surface area contributed by atoms with Crippen LogP contribution in [0.3, 0.4) is 0 Å². The second kappa shape index (κ2) is 7.38. The smallest absolute Gasteiger partial charge is 0.326 e. The van der Waals surface area contributed by atoms with Crippen LogP contribution in [0.2, 0.25) is 0 Å². The maximum atomic E-state index is 12.9. The molecule has 0 unspecified atom stereocenters. The predicted octanol–water partition coefficient (Wildman–Crippen LogP) is 2.95. The SMILES string of the molecule is C[C@@H]1CCCC[C@]12NC(=O)N(CC(=O)OCc1coc(-c3cccs3)n1)C2=O. The van der Waals surface area contributed by atoms with E-state index in [1.165, 1.54) is 17.6 Å². The Morgan fingerprint density at radius 3 is 3.07 bits per heavy atom. The summed E-state index contributed by atoms with van der Waals surface area (Å²) in [6.45, 7) is 1.47. The van der Waals surface area contributed by atoms with Crippen molar-refractivity contribution >= 4 is 29.2 Å². The van der Waals surface area contributed by atoms with Crippen molar-refractivity contribution in [2.24, 2.45) is 5.92 Å². The number of aromatic nitrogens is 1. The van der Waals surface area contributed by atoms with Gasteiger partial charge in [0.15, 0.2) is 0 Å². The molecule has 0 radical (unpaired) electrons. The maximum absolute atomic E-state index is 12.9. The normalized spacial score (nSPS) is 24.6. The van der Waals surface area contributed by atoms with Gasteiger partial charge < -0.3 is 14.5 Å². The third-order valence-electron chi connectivity index (χ3n) is 5.45. The highest BCUT2D eigenvalue weighted by Crippen LogP contribution is 2.38. The molecule has 2 atom stereocenters. The molecule has 8 nitrogen and oxygen atoms in total. The Kier molecular flexibility index (Phi) is 4.92. The van der Waals surface area contributed by atoms with Gasteiger partial charge in [-0.2, -0.15) is 0 Å². The first-order valence-electron chi connectivity index (χ1n) is 9.27. The van der Waals surface area contributed by atoms with E-state index in [2.05, 4.69) is 10.3 Å². The van der Waals surface area contributed by atoms with Gasteiger partial charge in [0.25, 0.3) is 5.91 Å². The fourth-order valence-corrected chi connectivity index (χ4v) is 4.51. The van der Waals surface area contributed by atoms with Gasteiger partial charge in [-0.05, 0) is 30.2 Å². The van der Waals surface area contributed by atoms with E-state index in [9.17, 15) is 14.4 Å². The molecule has 3 heterocycles. The van der Waals surface area contributed by atoms with Gasteiger partial charge >= 0.3 is 12.0 Å². The summed E-state index contributed by atoms with van der Waals surface area (Å²) in [4.78, 5) is 43.5. The number of amides is 3. The molecular formula is C19H21N3O5S. The molecule has 1 aliphatic carbocycles. The van der Waals surface area contributed by atoms with Gasteiger partial charge in [-0.1, -0.05) is 25.8 Å². The number of carbonyl (C=O) groups is 3. The fraction of sp³-hybridized carbons (Fsp3) is 0.474. The number of hydrogen-bond acceptors (Lipinski definition) is 7. The first-order valence-corrected chi connectivity index (χ1v) is 10.2. The van der Waals surface area contributed by atoms with Gasteiger partial charge in [0.2, 0.25) is 5.89 Å². The van der Waals surface area contributed by atoms with E-state index in [-0.39, 0.29) is 18.4 Å². The zero-order valence-corrected chi connectivity index (χ0v) is 16.3. The zero-order chi connectivity index (χ0) is 19.7. The number of oxazole rings is 1. The molecular weight excluding hydrogens is 382 g/mol. The Hall–Kier alpha value is -2.68. The predicted molar refractivity (Wildman–Crippen MR) is 100 cm³/mol. The number of nitrogens with one attached hydrogen (secondary N) is 1. The summed E-state index contributed by atoms with van der Waals surface area (Å²) in [6.07, 6.45) is 4.83. The molecule has 4 rings (SSSR count). The van der Waals surface area contributed by atoms with Gasteiger partial charge in [0.1, 0.15) is 30.6 Å². The van der Waals surface area contributed by atoms with E-state index >= 15 is 0 Å². The Morgan fingerprint density at radius 2 is 2.32 bits per heavy atom. The molecule has 2 fully saturated rings. The van der Waals surface area contributed by atoms with Crippen molar-refractivity contribution in [1.82, 2.24) is 15.2 Å². The van der Waals surface area contributed by atoms with Crippen LogP contribution in [0.4, 0.5) is 4.79 Å². The van der Waals surface area contributed by atoms with Crippen molar-refractivity contribution < 1.29 is 23.5 Å². The summed E-state index contributed by atoms with van der Waals surface area (Å²) < 4.78 is 10.6. The lowest BCUT2D eigenvalue weighted by molar-refractivity contribution is -0.149. The van der Waals surface area contributed by atoms with Crippen LogP contribution in [0, 0.1) is 5.92 Å². The minimum absolute atomic E-state index is 0.0459. The van der Waals surface area contributed by atoms with Crippen LogP contribution in [-0.4, -0.2) is 39.9 Å². The van der Waals surface area contributed by atoms with Gasteiger partial charge in [0.05, 0.1) is 4.88 Å². The van der Waals surface area contributed by atoms with Crippen LogP contribution in [-0.2, 0) is 20.9 Å². The molecule has 0 aromatic carbocycles. The van der Waals surface area contributed by atoms with Crippen molar-refractivity contribution in [2.45, 2.75) is 44.8 Å². The summed E-state index contributed by atoms with van der Waals surface area (Å²) in [5, 5.41) is 4.73. The summed E-state index contributed by atoms with van der Waals surface area (Å²) in [5.41, 5.74) is -0.413. The molecule has 3 amide bonds. The monoisotopic (exact) mass is 403 g/mol. The van der Waals surface area contributed by atoms with Crippen molar-refractivity contribution in [2.75, 3.05) is 6.54 Å². The number of imide groups is 1. The minimum Gasteiger partial charge on any atom is -0.458 e. The Labute approximate surface area is 165 Å². The molecule has 0 bridgehead atoms. The molecule has 1 saturated carbocycles. The van der Waals surface area contributed by atoms with E-state index < -0.39 is 24.1 Å². The third-order valence-corrected chi connectivity index (χ3v) is 6.31. The lowest BCUT2D eigenvalue weighted by Crippen LogP contribution is -2.54. The summed E-state index contributed by atoms with van der Waals surface area (Å²) in [6, 6.07) is 3.24. The van der Waals surface area contributed by atoms with E-state index in [1.807, 2.05) is 24.4 Å². The highest BCUT2D eigenvalue weighted by molar-refractivity contribution is 7.13. The molecule has 2 aliphatic rings. The standard InChI is InChI=1S/C19H21N3O5S/c1-12-5-2-3-7-19(12)17(24)22(18(25)21-19)9-15(23)26-10-13-11-27-16(20-13)14-6-4-8-28-14/h4,6,8,11-12H,2-3,5,7,9-10H2,1H3,(H,21,25)/t12-,19+/m1/s1. The Morgan fingerprint density at radius 1 is 1.46 bits per heavy atom. The quantitative estimate of drug-likeness (QED) is 0.608. The van der Waals surface area contributed by atoms with Crippen molar-refractivity contribution in [3.8, 4) is 10.8 Å². The summed E-state index contributed by atoms with van der Waals surface area (Å²) in [5.74, 6) is -0.486. The second-order valence-corrected chi connectivity index (χ2v) is 8.17. The third kappa shape index (κ3) is 3.30. The van der Waals surface area contributed by atoms with Gasteiger partial charge in [-0.3, -0.25) is 14.5 Å². The van der Waals surface area contributed by atoms with Gasteiger partial charge in [0, 0.05) is 0 Å². The van der Waals surface area contributed by atoms with E-state index in [0.29, 0.717) is 18.0 Å². The number of rotatable bonds is 5. The Balaban J connectivity index is 1.35. The van der Waals surface area contributed by atoms with Crippen LogP contribution in [0.25, 0.3) is 10.8 Å². The van der Waals surface area contributed by atoms with Crippen molar-refractivity contribution in [3.63, 3.8) is 0 Å². The fourth-order valence-electron chi connectivity index (χ4n) is 3.85. The number of thiophene rings is 1. The molecule has 9 heteroatoms. The molecule has 2 aromatic heterocycles. The Bertz CT molecular complexity index is 893. The number of ether oxygens (including phenoxy) is 1. The van der Waals surface area contributed by atoms with Crippen molar-refractivity contribution in [1.29, 1.82) is 0 Å². The lowest BCUT2D eigenvalue weighted by Gasteiger charge is -2.36. The summed E-state index contributed by atoms with van der Waals surface area (Å²) >= 11 is 1.49. The average Bonchev–Trinajstić information content (AvgIpc) is 3.40. The van der Waals surface area contributed by atoms with Crippen LogP contribution < -0.4 is 5.32 Å². The van der Waals surface area contributed by atoms with Crippen LogP contribution in [0.15, 0.2) is 28.2 Å². The summed E-state index contributed by atoms with van der Waals surface area (Å²) in [7, 11) is 0. The van der Waals surface area contributed by atoms with Gasteiger partial charge in [-0.15, -0.1) is 11.3 Å². The van der Waals surface area contributed by atoms with Crippen LogP contribution in [0.5, 0.6) is 0 Å². The molecule has 148 valence electrons.